The first kappa shape index (κ1) is 19.2. The van der Waals surface area contributed by atoms with E-state index < -0.39 is 0 Å². The van der Waals surface area contributed by atoms with Crippen LogP contribution < -0.4 is 10.5 Å². The number of benzene rings is 2. The van der Waals surface area contributed by atoms with E-state index in [2.05, 4.69) is 0 Å². The summed E-state index contributed by atoms with van der Waals surface area (Å²) in [5.41, 5.74) is 2.06. The van der Waals surface area contributed by atoms with Gasteiger partial charge in [0.05, 0.1) is 16.3 Å². The van der Waals surface area contributed by atoms with Gasteiger partial charge in [0.15, 0.2) is 4.32 Å². The Morgan fingerprint density at radius 1 is 1.03 bits per heavy atom. The van der Waals surface area contributed by atoms with Crippen molar-refractivity contribution in [2.24, 2.45) is 7.05 Å². The molecule has 0 bridgehead atoms. The molecule has 1 aliphatic rings. The maximum atomic E-state index is 13.2. The highest BCUT2D eigenvalue weighted by Gasteiger charge is 2.37. The predicted molar refractivity (Wildman–Crippen MR) is 120 cm³/mol. The number of anilines is 1. The SMILES string of the molecule is Cc1c(N2C(=O)C(=Cc3ccc(O)cc3)SC2=S)c(=O)n(-c2ccccc2)n1C. The molecule has 1 saturated heterocycles. The molecular formula is C21H17N3O3S2. The Morgan fingerprint density at radius 2 is 1.69 bits per heavy atom. The van der Waals surface area contributed by atoms with Crippen molar-refractivity contribution in [3.8, 4) is 11.4 Å². The molecule has 1 aromatic heterocycles. The number of amides is 1. The number of aromatic hydroxyl groups is 1. The third kappa shape index (κ3) is 3.30. The van der Waals surface area contributed by atoms with Crippen LogP contribution in [0.5, 0.6) is 5.75 Å². The van der Waals surface area contributed by atoms with Gasteiger partial charge in [-0.3, -0.25) is 19.2 Å². The number of hydrogen-bond donors (Lipinski definition) is 1. The normalized spacial score (nSPS) is 15.5. The molecule has 8 heteroatoms. The minimum Gasteiger partial charge on any atom is -0.508 e. The minimum absolute atomic E-state index is 0.149. The van der Waals surface area contributed by atoms with Crippen molar-refractivity contribution >= 4 is 46.0 Å². The van der Waals surface area contributed by atoms with Crippen LogP contribution in [0, 0.1) is 6.92 Å². The Labute approximate surface area is 176 Å². The predicted octanol–water partition coefficient (Wildman–Crippen LogP) is 3.60. The van der Waals surface area contributed by atoms with Gasteiger partial charge in [-0.2, -0.15) is 0 Å². The van der Waals surface area contributed by atoms with Gasteiger partial charge in [-0.15, -0.1) is 0 Å². The van der Waals surface area contributed by atoms with E-state index in [-0.39, 0.29) is 22.9 Å². The van der Waals surface area contributed by atoms with Gasteiger partial charge >= 0.3 is 0 Å². The average molecular weight is 424 g/mol. The topological polar surface area (TPSA) is 67.5 Å². The molecule has 0 atom stereocenters. The number of aromatic nitrogens is 2. The van der Waals surface area contributed by atoms with Crippen LogP contribution in [0.1, 0.15) is 11.3 Å². The van der Waals surface area contributed by atoms with Crippen LogP contribution in [0.25, 0.3) is 11.8 Å². The third-order valence-corrected chi connectivity index (χ3v) is 6.03. The van der Waals surface area contributed by atoms with Gasteiger partial charge in [0.1, 0.15) is 11.4 Å². The number of phenols is 1. The molecule has 0 aliphatic carbocycles. The molecule has 0 radical (unpaired) electrons. The quantitative estimate of drug-likeness (QED) is 0.515. The summed E-state index contributed by atoms with van der Waals surface area (Å²) in [5, 5.41) is 9.42. The number of carbonyl (C=O) groups is 1. The van der Waals surface area contributed by atoms with Crippen LogP contribution in [0.3, 0.4) is 0 Å². The summed E-state index contributed by atoms with van der Waals surface area (Å²) in [4.78, 5) is 28.0. The molecule has 2 heterocycles. The smallest absolute Gasteiger partial charge is 0.296 e. The number of thioether (sulfide) groups is 1. The minimum atomic E-state index is -0.334. The summed E-state index contributed by atoms with van der Waals surface area (Å²) < 4.78 is 3.55. The van der Waals surface area contributed by atoms with Crippen molar-refractivity contribution in [3.63, 3.8) is 0 Å². The molecule has 1 N–H and O–H groups in total. The Kier molecular flexibility index (Phi) is 4.89. The molecule has 0 unspecified atom stereocenters. The standard InChI is InChI=1S/C21H17N3O3S2/c1-13-18(20(27)24(22(13)2)15-6-4-3-5-7-15)23-19(26)17(29-21(23)28)12-14-8-10-16(25)11-9-14/h3-12,25H,1-2H3. The summed E-state index contributed by atoms with van der Waals surface area (Å²) in [5.74, 6) is -0.185. The number of nitrogens with zero attached hydrogens (tertiary/aromatic N) is 3. The molecule has 6 nitrogen and oxygen atoms in total. The maximum absolute atomic E-state index is 13.2. The van der Waals surface area contributed by atoms with Gasteiger partial charge in [0.2, 0.25) is 0 Å². The third-order valence-electron chi connectivity index (χ3n) is 4.73. The molecule has 1 aliphatic heterocycles. The summed E-state index contributed by atoms with van der Waals surface area (Å²) >= 11 is 6.58. The molecule has 3 aromatic rings. The van der Waals surface area contributed by atoms with E-state index in [9.17, 15) is 14.7 Å². The second-order valence-corrected chi connectivity index (χ2v) is 8.19. The van der Waals surface area contributed by atoms with Gasteiger partial charge in [0, 0.05) is 7.05 Å². The lowest BCUT2D eigenvalue weighted by atomic mass is 10.2. The number of rotatable bonds is 3. The molecule has 146 valence electrons. The van der Waals surface area contributed by atoms with E-state index in [0.29, 0.717) is 20.6 Å². The highest BCUT2D eigenvalue weighted by Crippen LogP contribution is 2.36. The molecule has 1 amide bonds. The number of hydrogen-bond acceptors (Lipinski definition) is 5. The first-order chi connectivity index (χ1) is 13.9. The van der Waals surface area contributed by atoms with E-state index in [1.165, 1.54) is 9.58 Å². The molecule has 0 spiro atoms. The number of phenolic OH excluding ortho intramolecular Hbond substituents is 1. The van der Waals surface area contributed by atoms with Crippen LogP contribution in [0.2, 0.25) is 0 Å². The lowest BCUT2D eigenvalue weighted by molar-refractivity contribution is -0.113. The van der Waals surface area contributed by atoms with Gasteiger partial charge in [-0.25, -0.2) is 4.68 Å². The van der Waals surface area contributed by atoms with Gasteiger partial charge in [0.25, 0.3) is 11.5 Å². The number of para-hydroxylation sites is 1. The van der Waals surface area contributed by atoms with E-state index >= 15 is 0 Å². The summed E-state index contributed by atoms with van der Waals surface area (Å²) in [7, 11) is 1.77. The largest absolute Gasteiger partial charge is 0.508 e. The van der Waals surface area contributed by atoms with E-state index in [1.54, 1.807) is 49.0 Å². The average Bonchev–Trinajstić information content (AvgIpc) is 3.10. The van der Waals surface area contributed by atoms with Crippen LogP contribution in [0.15, 0.2) is 64.3 Å². The zero-order valence-electron chi connectivity index (χ0n) is 15.7. The molecule has 4 rings (SSSR count). The Balaban J connectivity index is 1.78. The van der Waals surface area contributed by atoms with Crippen LogP contribution in [0.4, 0.5) is 5.69 Å². The van der Waals surface area contributed by atoms with E-state index in [0.717, 1.165) is 17.3 Å². The fourth-order valence-corrected chi connectivity index (χ4v) is 4.46. The van der Waals surface area contributed by atoms with Crippen molar-refractivity contribution < 1.29 is 9.90 Å². The fourth-order valence-electron chi connectivity index (χ4n) is 3.19. The van der Waals surface area contributed by atoms with Gasteiger partial charge in [-0.1, -0.05) is 54.3 Å². The molecule has 29 heavy (non-hydrogen) atoms. The van der Waals surface area contributed by atoms with Crippen molar-refractivity contribution in [2.75, 3.05) is 4.90 Å². The van der Waals surface area contributed by atoms with Crippen LogP contribution >= 0.6 is 24.0 Å². The second-order valence-electron chi connectivity index (χ2n) is 6.52. The molecule has 2 aromatic carbocycles. The van der Waals surface area contributed by atoms with Gasteiger partial charge < -0.3 is 5.11 Å². The highest BCUT2D eigenvalue weighted by atomic mass is 32.2. The van der Waals surface area contributed by atoms with Crippen LogP contribution in [-0.2, 0) is 11.8 Å². The lowest BCUT2D eigenvalue weighted by Crippen LogP contribution is -2.33. The highest BCUT2D eigenvalue weighted by molar-refractivity contribution is 8.27. The van der Waals surface area contributed by atoms with E-state index in [1.807, 2.05) is 30.3 Å². The lowest BCUT2D eigenvalue weighted by Gasteiger charge is -2.12. The Hall–Kier alpha value is -3.10. The zero-order valence-corrected chi connectivity index (χ0v) is 17.3. The number of carbonyl (C=O) groups excluding carboxylic acids is 1. The van der Waals surface area contributed by atoms with Crippen LogP contribution in [-0.4, -0.2) is 24.7 Å². The Bertz CT molecular complexity index is 1210. The number of thiocarbonyl (C=S) groups is 1. The Morgan fingerprint density at radius 3 is 2.34 bits per heavy atom. The van der Waals surface area contributed by atoms with Crippen molar-refractivity contribution in [3.05, 3.63) is 81.1 Å². The summed E-state index contributed by atoms with van der Waals surface area (Å²) in [6, 6.07) is 15.8. The molecular weight excluding hydrogens is 406 g/mol. The summed E-state index contributed by atoms with van der Waals surface area (Å²) in [6.07, 6.45) is 1.70. The van der Waals surface area contributed by atoms with E-state index in [4.69, 9.17) is 12.2 Å². The molecule has 1 fully saturated rings. The van der Waals surface area contributed by atoms with Crippen molar-refractivity contribution in [1.82, 2.24) is 9.36 Å². The van der Waals surface area contributed by atoms with Crippen molar-refractivity contribution in [1.29, 1.82) is 0 Å². The first-order valence-corrected chi connectivity index (χ1v) is 10.0. The zero-order chi connectivity index (χ0) is 20.7. The summed E-state index contributed by atoms with van der Waals surface area (Å²) in [6.45, 7) is 1.79. The molecule has 0 saturated carbocycles. The maximum Gasteiger partial charge on any atom is 0.296 e. The fraction of sp³-hybridized carbons (Fsp3) is 0.0952. The first-order valence-electron chi connectivity index (χ1n) is 8.79. The monoisotopic (exact) mass is 423 g/mol. The second kappa shape index (κ2) is 7.38. The van der Waals surface area contributed by atoms with Crippen molar-refractivity contribution in [2.45, 2.75) is 6.92 Å². The van der Waals surface area contributed by atoms with Gasteiger partial charge in [-0.05, 0) is 42.8 Å².